The summed E-state index contributed by atoms with van der Waals surface area (Å²) in [6.07, 6.45) is 2.59. The maximum Gasteiger partial charge on any atom is 0.275 e. The van der Waals surface area contributed by atoms with Crippen LogP contribution in [0.3, 0.4) is 0 Å². The molecule has 1 aliphatic rings. The molecular weight excluding hydrogens is 312 g/mol. The number of anilines is 1. The van der Waals surface area contributed by atoms with Gasteiger partial charge in [0.1, 0.15) is 0 Å². The number of aromatic nitrogens is 2. The van der Waals surface area contributed by atoms with Crippen LogP contribution in [0.2, 0.25) is 5.02 Å². The molecule has 1 saturated heterocycles. The van der Waals surface area contributed by atoms with Gasteiger partial charge in [0.25, 0.3) is 5.91 Å². The Hall–Kier alpha value is -2.01. The maximum atomic E-state index is 12.6. The third-order valence-electron chi connectivity index (χ3n) is 4.23. The SMILES string of the molecule is Cc1ccccc1N1CCCN(C(=O)c2nn(C)cc2Cl)CC1. The molecule has 6 heteroatoms. The first-order valence-electron chi connectivity index (χ1n) is 7.85. The fraction of sp³-hybridized carbons (Fsp3) is 0.412. The van der Waals surface area contributed by atoms with Gasteiger partial charge in [-0.15, -0.1) is 0 Å². The first-order chi connectivity index (χ1) is 11.1. The molecule has 1 fully saturated rings. The Morgan fingerprint density at radius 1 is 1.17 bits per heavy atom. The molecule has 23 heavy (non-hydrogen) atoms. The summed E-state index contributed by atoms with van der Waals surface area (Å²) in [5.74, 6) is -0.0813. The van der Waals surface area contributed by atoms with E-state index in [2.05, 4.69) is 41.2 Å². The molecule has 1 aromatic carbocycles. The summed E-state index contributed by atoms with van der Waals surface area (Å²) >= 11 is 6.10. The average molecular weight is 333 g/mol. The lowest BCUT2D eigenvalue weighted by Crippen LogP contribution is -2.35. The van der Waals surface area contributed by atoms with Crippen LogP contribution in [0.4, 0.5) is 5.69 Å². The Morgan fingerprint density at radius 2 is 1.96 bits per heavy atom. The van der Waals surface area contributed by atoms with E-state index in [1.807, 2.05) is 4.90 Å². The lowest BCUT2D eigenvalue weighted by molar-refractivity contribution is 0.0760. The van der Waals surface area contributed by atoms with Gasteiger partial charge in [0.2, 0.25) is 0 Å². The van der Waals surface area contributed by atoms with Gasteiger partial charge < -0.3 is 9.80 Å². The highest BCUT2D eigenvalue weighted by Crippen LogP contribution is 2.22. The van der Waals surface area contributed by atoms with Crippen molar-refractivity contribution in [1.29, 1.82) is 0 Å². The molecule has 1 aromatic heterocycles. The van der Waals surface area contributed by atoms with Gasteiger partial charge in [0.05, 0.1) is 5.02 Å². The van der Waals surface area contributed by atoms with Gasteiger partial charge in [0.15, 0.2) is 5.69 Å². The van der Waals surface area contributed by atoms with Gasteiger partial charge in [-0.1, -0.05) is 29.8 Å². The summed E-state index contributed by atoms with van der Waals surface area (Å²) in [7, 11) is 1.77. The number of amides is 1. The van der Waals surface area contributed by atoms with Crippen LogP contribution in [0.15, 0.2) is 30.5 Å². The molecule has 3 rings (SSSR count). The molecule has 0 bridgehead atoms. The highest BCUT2D eigenvalue weighted by Gasteiger charge is 2.24. The third kappa shape index (κ3) is 3.34. The van der Waals surface area contributed by atoms with Crippen LogP contribution < -0.4 is 4.90 Å². The van der Waals surface area contributed by atoms with E-state index in [9.17, 15) is 4.79 Å². The minimum absolute atomic E-state index is 0.0813. The van der Waals surface area contributed by atoms with Gasteiger partial charge in [0, 0.05) is 45.1 Å². The molecule has 5 nitrogen and oxygen atoms in total. The molecule has 2 heterocycles. The second kappa shape index (κ2) is 6.62. The zero-order valence-corrected chi connectivity index (χ0v) is 14.3. The zero-order chi connectivity index (χ0) is 16.4. The van der Waals surface area contributed by atoms with E-state index < -0.39 is 0 Å². The Balaban J connectivity index is 1.73. The molecule has 0 spiro atoms. The largest absolute Gasteiger partial charge is 0.369 e. The van der Waals surface area contributed by atoms with Crippen LogP contribution in [-0.4, -0.2) is 46.8 Å². The molecule has 0 radical (unpaired) electrons. The van der Waals surface area contributed by atoms with Crippen molar-refractivity contribution < 1.29 is 4.79 Å². The van der Waals surface area contributed by atoms with Crippen molar-refractivity contribution in [2.75, 3.05) is 31.1 Å². The van der Waals surface area contributed by atoms with Gasteiger partial charge >= 0.3 is 0 Å². The second-order valence-corrected chi connectivity index (χ2v) is 6.33. The average Bonchev–Trinajstić information content (AvgIpc) is 2.74. The lowest BCUT2D eigenvalue weighted by Gasteiger charge is -2.25. The van der Waals surface area contributed by atoms with E-state index >= 15 is 0 Å². The second-order valence-electron chi connectivity index (χ2n) is 5.92. The van der Waals surface area contributed by atoms with Crippen molar-refractivity contribution in [3.8, 4) is 0 Å². The maximum absolute atomic E-state index is 12.6. The molecule has 0 aliphatic carbocycles. The van der Waals surface area contributed by atoms with Crippen LogP contribution in [-0.2, 0) is 7.05 Å². The van der Waals surface area contributed by atoms with Crippen LogP contribution in [0.25, 0.3) is 0 Å². The molecule has 0 unspecified atom stereocenters. The van der Waals surface area contributed by atoms with Crippen molar-refractivity contribution in [1.82, 2.24) is 14.7 Å². The number of carbonyl (C=O) groups excluding carboxylic acids is 1. The summed E-state index contributed by atoms with van der Waals surface area (Å²) in [4.78, 5) is 16.8. The Bertz CT molecular complexity index is 712. The number of aryl methyl sites for hydroxylation is 2. The van der Waals surface area contributed by atoms with E-state index in [4.69, 9.17) is 11.6 Å². The summed E-state index contributed by atoms with van der Waals surface area (Å²) in [6, 6.07) is 8.37. The van der Waals surface area contributed by atoms with Gasteiger partial charge in [-0.25, -0.2) is 0 Å². The molecule has 122 valence electrons. The normalized spacial score (nSPS) is 15.6. The number of rotatable bonds is 2. The Labute approximate surface area is 141 Å². The van der Waals surface area contributed by atoms with Crippen molar-refractivity contribution in [3.63, 3.8) is 0 Å². The third-order valence-corrected chi connectivity index (χ3v) is 4.50. The predicted molar refractivity (Wildman–Crippen MR) is 92.1 cm³/mol. The number of hydrogen-bond donors (Lipinski definition) is 0. The number of hydrogen-bond acceptors (Lipinski definition) is 3. The summed E-state index contributed by atoms with van der Waals surface area (Å²) < 4.78 is 1.58. The van der Waals surface area contributed by atoms with E-state index in [0.717, 1.165) is 26.1 Å². The van der Waals surface area contributed by atoms with Crippen LogP contribution in [0, 0.1) is 6.92 Å². The van der Waals surface area contributed by atoms with E-state index in [-0.39, 0.29) is 5.91 Å². The molecule has 0 N–H and O–H groups in total. The zero-order valence-electron chi connectivity index (χ0n) is 13.5. The summed E-state index contributed by atoms with van der Waals surface area (Å²) in [5.41, 5.74) is 2.86. The molecule has 0 atom stereocenters. The van der Waals surface area contributed by atoms with Crippen molar-refractivity contribution in [2.24, 2.45) is 7.05 Å². The van der Waals surface area contributed by atoms with Crippen molar-refractivity contribution in [3.05, 3.63) is 46.7 Å². The Morgan fingerprint density at radius 3 is 2.65 bits per heavy atom. The summed E-state index contributed by atoms with van der Waals surface area (Å²) in [5, 5.41) is 4.60. The standard InChI is InChI=1S/C17H21ClN4O/c1-13-6-3-4-7-15(13)21-8-5-9-22(11-10-21)17(23)16-14(18)12-20(2)19-16/h3-4,6-7,12H,5,8-11H2,1-2H3. The fourth-order valence-corrected chi connectivity index (χ4v) is 3.29. The molecule has 1 aliphatic heterocycles. The summed E-state index contributed by atoms with van der Waals surface area (Å²) in [6.45, 7) is 5.30. The number of nitrogens with zero attached hydrogens (tertiary/aromatic N) is 4. The molecule has 0 saturated carbocycles. The van der Waals surface area contributed by atoms with E-state index in [1.54, 1.807) is 17.9 Å². The topological polar surface area (TPSA) is 41.4 Å². The molecule has 2 aromatic rings. The van der Waals surface area contributed by atoms with Crippen molar-refractivity contribution in [2.45, 2.75) is 13.3 Å². The highest BCUT2D eigenvalue weighted by molar-refractivity contribution is 6.33. The number of carbonyl (C=O) groups is 1. The van der Waals surface area contributed by atoms with E-state index in [1.165, 1.54) is 11.3 Å². The van der Waals surface area contributed by atoms with Gasteiger partial charge in [-0.2, -0.15) is 5.10 Å². The van der Waals surface area contributed by atoms with Crippen molar-refractivity contribution >= 4 is 23.2 Å². The van der Waals surface area contributed by atoms with Crippen LogP contribution in [0.5, 0.6) is 0 Å². The number of halogens is 1. The first kappa shape index (κ1) is 15.9. The van der Waals surface area contributed by atoms with Gasteiger partial charge in [-0.05, 0) is 25.0 Å². The quantitative estimate of drug-likeness (QED) is 0.849. The fourth-order valence-electron chi connectivity index (χ4n) is 3.03. The lowest BCUT2D eigenvalue weighted by atomic mass is 10.2. The Kier molecular flexibility index (Phi) is 4.57. The molecular formula is C17H21ClN4O. The predicted octanol–water partition coefficient (Wildman–Crippen LogP) is 2.73. The van der Waals surface area contributed by atoms with E-state index in [0.29, 0.717) is 17.3 Å². The smallest absolute Gasteiger partial charge is 0.275 e. The van der Waals surface area contributed by atoms with Crippen LogP contribution in [0.1, 0.15) is 22.5 Å². The minimum atomic E-state index is -0.0813. The minimum Gasteiger partial charge on any atom is -0.369 e. The first-order valence-corrected chi connectivity index (χ1v) is 8.23. The monoisotopic (exact) mass is 332 g/mol. The highest BCUT2D eigenvalue weighted by atomic mass is 35.5. The van der Waals surface area contributed by atoms with Gasteiger partial charge in [-0.3, -0.25) is 9.48 Å². The number of para-hydroxylation sites is 1. The molecule has 1 amide bonds. The van der Waals surface area contributed by atoms with Crippen LogP contribution >= 0.6 is 11.6 Å². The number of benzene rings is 1.